The minimum Gasteiger partial charge on any atom is -0.280 e. The molecule has 4 heteroatoms. The van der Waals surface area contributed by atoms with Gasteiger partial charge < -0.3 is 0 Å². The molecule has 6 aromatic carbocycles. The number of fused-ring (bicyclic) bond motifs is 1. The van der Waals surface area contributed by atoms with Crippen LogP contribution in [0, 0.1) is 0 Å². The fourth-order valence-corrected chi connectivity index (χ4v) is 6.10. The molecule has 0 saturated heterocycles. The highest BCUT2D eigenvalue weighted by molar-refractivity contribution is 5.96. The molecule has 0 atom stereocenters. The van der Waals surface area contributed by atoms with Gasteiger partial charge in [-0.1, -0.05) is 133 Å². The van der Waals surface area contributed by atoms with Gasteiger partial charge in [-0.05, 0) is 54.1 Å². The molecule has 0 aliphatic rings. The number of rotatable bonds is 7. The Morgan fingerprint density at radius 2 is 0.913 bits per heavy atom. The molecule has 0 fully saturated rings. The summed E-state index contributed by atoms with van der Waals surface area (Å²) in [5, 5.41) is 0. The van der Waals surface area contributed by atoms with E-state index in [4.69, 9.17) is 9.97 Å². The van der Waals surface area contributed by atoms with Gasteiger partial charge in [0.25, 0.3) is 0 Å². The maximum atomic E-state index is 5.50. The van der Waals surface area contributed by atoms with E-state index in [2.05, 4.69) is 161 Å². The second-order valence-corrected chi connectivity index (χ2v) is 11.1. The number of aromatic nitrogens is 3. The molecule has 0 aliphatic carbocycles. The lowest BCUT2D eigenvalue weighted by molar-refractivity contribution is 1.04. The topological polar surface area (TPSA) is 34.0 Å². The van der Waals surface area contributed by atoms with Crippen LogP contribution >= 0.6 is 0 Å². The van der Waals surface area contributed by atoms with Crippen molar-refractivity contribution in [1.82, 2.24) is 14.5 Å². The minimum absolute atomic E-state index is 0.794. The maximum absolute atomic E-state index is 5.50. The lowest BCUT2D eigenvalue weighted by Gasteiger charge is -2.26. The first kappa shape index (κ1) is 27.3. The van der Waals surface area contributed by atoms with Gasteiger partial charge in [-0.3, -0.25) is 9.47 Å². The Bertz CT molecular complexity index is 2200. The second-order valence-electron chi connectivity index (χ2n) is 11.1. The van der Waals surface area contributed by atoms with Crippen molar-refractivity contribution in [2.75, 3.05) is 4.90 Å². The lowest BCUT2D eigenvalue weighted by atomic mass is 10.0. The van der Waals surface area contributed by atoms with Gasteiger partial charge in [0, 0.05) is 28.1 Å². The zero-order valence-corrected chi connectivity index (χ0v) is 25.1. The minimum atomic E-state index is 0.794. The van der Waals surface area contributed by atoms with Crippen LogP contribution in [-0.2, 0) is 0 Å². The zero-order chi connectivity index (χ0) is 30.7. The molecule has 0 radical (unpaired) electrons. The zero-order valence-electron chi connectivity index (χ0n) is 25.1. The Morgan fingerprint density at radius 3 is 1.59 bits per heavy atom. The molecule has 2 heterocycles. The third-order valence-electron chi connectivity index (χ3n) is 8.22. The summed E-state index contributed by atoms with van der Waals surface area (Å²) in [5.41, 5.74) is 11.1. The summed E-state index contributed by atoms with van der Waals surface area (Å²) in [6.45, 7) is 0. The van der Waals surface area contributed by atoms with E-state index in [1.807, 2.05) is 30.3 Å². The molecule has 8 rings (SSSR count). The fraction of sp³-hybridized carbons (Fsp3) is 0. The molecule has 46 heavy (non-hydrogen) atoms. The van der Waals surface area contributed by atoms with Crippen LogP contribution in [-0.4, -0.2) is 14.5 Å². The Morgan fingerprint density at radius 1 is 0.391 bits per heavy atom. The first-order valence-corrected chi connectivity index (χ1v) is 15.4. The highest BCUT2D eigenvalue weighted by atomic mass is 15.3. The van der Waals surface area contributed by atoms with Crippen LogP contribution in [0.1, 0.15) is 0 Å². The van der Waals surface area contributed by atoms with Crippen LogP contribution in [0.25, 0.3) is 50.4 Å². The molecule has 218 valence electrons. The summed E-state index contributed by atoms with van der Waals surface area (Å²) < 4.78 is 2.29. The third-order valence-corrected chi connectivity index (χ3v) is 8.22. The molecule has 0 spiro atoms. The molecule has 4 nitrogen and oxygen atoms in total. The molecule has 0 N–H and O–H groups in total. The van der Waals surface area contributed by atoms with E-state index >= 15 is 0 Å². The first-order chi connectivity index (χ1) is 22.8. The van der Waals surface area contributed by atoms with Gasteiger partial charge in [0.15, 0.2) is 0 Å². The highest BCUT2D eigenvalue weighted by Crippen LogP contribution is 2.41. The third kappa shape index (κ3) is 5.02. The van der Waals surface area contributed by atoms with Gasteiger partial charge in [-0.15, -0.1) is 0 Å². The number of pyridine rings is 1. The van der Waals surface area contributed by atoms with E-state index < -0.39 is 0 Å². The molecule has 0 unspecified atom stereocenters. The summed E-state index contributed by atoms with van der Waals surface area (Å²) >= 11 is 0. The van der Waals surface area contributed by atoms with Crippen LogP contribution in [0.3, 0.4) is 0 Å². The van der Waals surface area contributed by atoms with E-state index in [1.165, 1.54) is 0 Å². The Kier molecular flexibility index (Phi) is 7.14. The molecule has 0 saturated carbocycles. The molecule has 0 amide bonds. The molecular formula is C42H30N4. The van der Waals surface area contributed by atoms with Crippen LogP contribution in [0.4, 0.5) is 17.3 Å². The normalized spacial score (nSPS) is 11.0. The monoisotopic (exact) mass is 590 g/mol. The van der Waals surface area contributed by atoms with E-state index in [1.54, 1.807) is 0 Å². The SMILES string of the molecule is c1ccc(-c2cccc(-c3cccc4c3nc(N(c3ccccc3)c3ccccc3)n4-c3ccccc3-c3ccccc3)n2)cc1. The Labute approximate surface area is 268 Å². The fourth-order valence-electron chi connectivity index (χ4n) is 6.10. The quantitative estimate of drug-likeness (QED) is 0.185. The summed E-state index contributed by atoms with van der Waals surface area (Å²) in [4.78, 5) is 12.9. The van der Waals surface area contributed by atoms with E-state index in [9.17, 15) is 0 Å². The predicted octanol–water partition coefficient (Wildman–Crippen LogP) is 10.9. The van der Waals surface area contributed by atoms with Crippen molar-refractivity contribution in [3.8, 4) is 39.3 Å². The van der Waals surface area contributed by atoms with Crippen LogP contribution in [0.15, 0.2) is 182 Å². The lowest BCUT2D eigenvalue weighted by Crippen LogP contribution is -2.15. The van der Waals surface area contributed by atoms with Gasteiger partial charge in [-0.25, -0.2) is 9.97 Å². The summed E-state index contributed by atoms with van der Waals surface area (Å²) in [7, 11) is 0. The summed E-state index contributed by atoms with van der Waals surface area (Å²) in [6.07, 6.45) is 0. The molecule has 8 aromatic rings. The average molecular weight is 591 g/mol. The largest absolute Gasteiger partial charge is 0.280 e. The van der Waals surface area contributed by atoms with Gasteiger partial charge >= 0.3 is 0 Å². The standard InChI is InChI=1S/C42H30N4/c1-5-17-31(18-6-1)35-25-13-14-29-39(35)46-40-30-15-26-36(38-28-16-27-37(43-38)32-19-7-2-8-20-32)41(40)44-42(46)45(33-21-9-3-10-22-33)34-23-11-4-12-24-34/h1-30H. The second kappa shape index (κ2) is 12.0. The summed E-state index contributed by atoms with van der Waals surface area (Å²) in [5.74, 6) is 0.794. The van der Waals surface area contributed by atoms with Crippen molar-refractivity contribution in [2.24, 2.45) is 0 Å². The number of para-hydroxylation sites is 4. The number of imidazole rings is 1. The molecular weight excluding hydrogens is 560 g/mol. The van der Waals surface area contributed by atoms with Gasteiger partial charge in [-0.2, -0.15) is 0 Å². The number of anilines is 3. The number of hydrogen-bond donors (Lipinski definition) is 0. The van der Waals surface area contributed by atoms with Crippen molar-refractivity contribution >= 4 is 28.4 Å². The summed E-state index contributed by atoms with van der Waals surface area (Å²) in [6, 6.07) is 62.9. The van der Waals surface area contributed by atoms with Crippen LogP contribution in [0.2, 0.25) is 0 Å². The Balaban J connectivity index is 1.43. The van der Waals surface area contributed by atoms with Gasteiger partial charge in [0.2, 0.25) is 5.95 Å². The first-order valence-electron chi connectivity index (χ1n) is 15.4. The van der Waals surface area contributed by atoms with Crippen LogP contribution in [0.5, 0.6) is 0 Å². The maximum Gasteiger partial charge on any atom is 0.220 e. The number of hydrogen-bond acceptors (Lipinski definition) is 3. The van der Waals surface area contributed by atoms with Crippen LogP contribution < -0.4 is 4.90 Å². The van der Waals surface area contributed by atoms with Crippen molar-refractivity contribution in [3.05, 3.63) is 182 Å². The predicted molar refractivity (Wildman–Crippen MR) is 190 cm³/mol. The molecule has 2 aromatic heterocycles. The van der Waals surface area contributed by atoms with Gasteiger partial charge in [0.05, 0.1) is 22.6 Å². The smallest absolute Gasteiger partial charge is 0.220 e. The number of benzene rings is 6. The highest BCUT2D eigenvalue weighted by Gasteiger charge is 2.25. The van der Waals surface area contributed by atoms with E-state index in [0.717, 1.165) is 67.7 Å². The van der Waals surface area contributed by atoms with Crippen molar-refractivity contribution in [3.63, 3.8) is 0 Å². The Hall–Kier alpha value is -6.26. The van der Waals surface area contributed by atoms with Crippen molar-refractivity contribution < 1.29 is 0 Å². The number of nitrogens with zero attached hydrogens (tertiary/aromatic N) is 4. The molecule has 0 bridgehead atoms. The average Bonchev–Trinajstić information content (AvgIpc) is 3.52. The molecule has 0 aliphatic heterocycles. The van der Waals surface area contributed by atoms with Crippen molar-refractivity contribution in [1.29, 1.82) is 0 Å². The van der Waals surface area contributed by atoms with E-state index in [0.29, 0.717) is 0 Å². The van der Waals surface area contributed by atoms with Crippen molar-refractivity contribution in [2.45, 2.75) is 0 Å². The van der Waals surface area contributed by atoms with E-state index in [-0.39, 0.29) is 0 Å². The van der Waals surface area contributed by atoms with Gasteiger partial charge in [0.1, 0.15) is 5.52 Å².